The molecule has 3 aromatic rings. The van der Waals surface area contributed by atoms with Crippen molar-refractivity contribution in [3.05, 3.63) is 65.2 Å². The lowest BCUT2D eigenvalue weighted by Crippen LogP contribution is -2.46. The van der Waals surface area contributed by atoms with E-state index in [2.05, 4.69) is 26.4 Å². The van der Waals surface area contributed by atoms with Crippen LogP contribution in [0.1, 0.15) is 104 Å². The monoisotopic (exact) mass is 613 g/mol. The summed E-state index contributed by atoms with van der Waals surface area (Å²) in [5.74, 6) is 3.71. The van der Waals surface area contributed by atoms with Gasteiger partial charge in [0.15, 0.2) is 5.82 Å². The number of rotatable bonds is 7. The van der Waals surface area contributed by atoms with E-state index in [0.29, 0.717) is 24.5 Å². The average Bonchev–Trinajstić information content (AvgIpc) is 3.47. The molecule has 1 unspecified atom stereocenters. The zero-order valence-electron chi connectivity index (χ0n) is 26.4. The maximum absolute atomic E-state index is 13.6. The quantitative estimate of drug-likeness (QED) is 0.247. The van der Waals surface area contributed by atoms with Gasteiger partial charge in [-0.2, -0.15) is 5.10 Å². The molecule has 10 nitrogen and oxygen atoms in total. The van der Waals surface area contributed by atoms with Crippen molar-refractivity contribution in [3.63, 3.8) is 0 Å². The fourth-order valence-corrected chi connectivity index (χ4v) is 8.21. The van der Waals surface area contributed by atoms with Crippen LogP contribution in [0.4, 0.5) is 5.69 Å². The molecule has 1 amide bonds. The van der Waals surface area contributed by atoms with Crippen LogP contribution < -0.4 is 30.7 Å². The molecular weight excluding hydrogens is 566 g/mol. The van der Waals surface area contributed by atoms with Crippen molar-refractivity contribution in [1.29, 1.82) is 0 Å². The smallest absolute Gasteiger partial charge is 0.251 e. The van der Waals surface area contributed by atoms with Gasteiger partial charge in [-0.1, -0.05) is 31.7 Å². The Bertz CT molecular complexity index is 1480. The second-order valence-electron chi connectivity index (χ2n) is 13.4. The Morgan fingerprint density at radius 2 is 1.82 bits per heavy atom. The summed E-state index contributed by atoms with van der Waals surface area (Å²) in [5.41, 5.74) is 2.29. The van der Waals surface area contributed by atoms with Gasteiger partial charge in [-0.05, 0) is 93.6 Å². The van der Waals surface area contributed by atoms with E-state index in [1.54, 1.807) is 7.11 Å². The zero-order valence-corrected chi connectivity index (χ0v) is 26.4. The van der Waals surface area contributed by atoms with Gasteiger partial charge >= 0.3 is 0 Å². The highest BCUT2D eigenvalue weighted by Crippen LogP contribution is 2.48. The summed E-state index contributed by atoms with van der Waals surface area (Å²) in [4.78, 5) is 18.9. The van der Waals surface area contributed by atoms with E-state index in [1.165, 1.54) is 38.5 Å². The molecule has 3 fully saturated rings. The van der Waals surface area contributed by atoms with Crippen LogP contribution in [-0.4, -0.2) is 61.0 Å². The number of aromatic nitrogens is 3. The zero-order chi connectivity index (χ0) is 30.7. The molecule has 1 saturated carbocycles. The fourth-order valence-electron chi connectivity index (χ4n) is 8.21. The fraction of sp³-hybridized carbons (Fsp3) is 0.571. The van der Waals surface area contributed by atoms with Crippen LogP contribution in [0.2, 0.25) is 0 Å². The Kier molecular flexibility index (Phi) is 8.68. The van der Waals surface area contributed by atoms with Gasteiger partial charge in [0.1, 0.15) is 22.9 Å². The number of nitrogens with zero attached hydrogens (tertiary/aromatic N) is 2. The van der Waals surface area contributed by atoms with E-state index in [4.69, 9.17) is 19.6 Å². The molecule has 3 aliphatic heterocycles. The molecule has 10 heteroatoms. The molecule has 2 aromatic carbocycles. The number of piperidine rings is 2. The highest BCUT2D eigenvalue weighted by Gasteiger charge is 2.45. The third-order valence-electron chi connectivity index (χ3n) is 10.7. The summed E-state index contributed by atoms with van der Waals surface area (Å²) < 4.78 is 11.3. The summed E-state index contributed by atoms with van der Waals surface area (Å²) in [6, 6.07) is 13.4. The topological polar surface area (TPSA) is 125 Å². The molecule has 1 aromatic heterocycles. The largest absolute Gasteiger partial charge is 0.497 e. The van der Waals surface area contributed by atoms with Crippen molar-refractivity contribution < 1.29 is 14.3 Å². The van der Waals surface area contributed by atoms with E-state index >= 15 is 0 Å². The summed E-state index contributed by atoms with van der Waals surface area (Å²) in [6.07, 6.45) is 11.3. The lowest BCUT2D eigenvalue weighted by Gasteiger charge is -2.43. The molecule has 0 radical (unpaired) electrons. The first-order chi connectivity index (χ1) is 22.1. The van der Waals surface area contributed by atoms with Crippen LogP contribution in [0.25, 0.3) is 0 Å². The molecule has 1 aliphatic carbocycles. The lowest BCUT2D eigenvalue weighted by atomic mass is 9.66. The number of H-pyrrole nitrogens is 1. The number of methoxy groups -OCH3 is 1. The Balaban J connectivity index is 1.11. The lowest BCUT2D eigenvalue weighted by molar-refractivity contribution is 0.0924. The van der Waals surface area contributed by atoms with Gasteiger partial charge in [-0.25, -0.2) is 4.98 Å². The van der Waals surface area contributed by atoms with Crippen LogP contribution in [0.5, 0.6) is 11.5 Å². The van der Waals surface area contributed by atoms with Crippen molar-refractivity contribution in [2.75, 3.05) is 45.2 Å². The van der Waals surface area contributed by atoms with E-state index < -0.39 is 5.54 Å². The summed E-state index contributed by atoms with van der Waals surface area (Å²) in [6.45, 7) is 4.40. The normalized spacial score (nSPS) is 24.1. The summed E-state index contributed by atoms with van der Waals surface area (Å²) in [5, 5.41) is 22.6. The third kappa shape index (κ3) is 6.14. The predicted molar refractivity (Wildman–Crippen MR) is 174 cm³/mol. The molecule has 240 valence electrons. The third-order valence-corrected chi connectivity index (χ3v) is 10.7. The minimum atomic E-state index is -0.422. The first-order valence-electron chi connectivity index (χ1n) is 16.9. The highest BCUT2D eigenvalue weighted by molar-refractivity contribution is 5.95. The molecule has 2 saturated heterocycles. The number of benzene rings is 2. The van der Waals surface area contributed by atoms with Crippen LogP contribution in [-0.2, 0) is 5.54 Å². The maximum Gasteiger partial charge on any atom is 0.251 e. The number of aromatic amines is 1. The highest BCUT2D eigenvalue weighted by atomic mass is 16.5. The molecule has 1 spiro atoms. The van der Waals surface area contributed by atoms with Crippen LogP contribution >= 0.6 is 0 Å². The number of carbonyl (C=O) groups excluding carboxylic acids is 1. The molecule has 5 N–H and O–H groups in total. The van der Waals surface area contributed by atoms with Gasteiger partial charge in [-0.3, -0.25) is 9.89 Å². The number of amides is 1. The van der Waals surface area contributed by atoms with Gasteiger partial charge in [0.2, 0.25) is 0 Å². The van der Waals surface area contributed by atoms with Gasteiger partial charge in [-0.15, -0.1) is 0 Å². The van der Waals surface area contributed by atoms with Gasteiger partial charge in [0.05, 0.1) is 19.8 Å². The second-order valence-corrected chi connectivity index (χ2v) is 13.4. The number of nitrogens with one attached hydrogen (secondary N) is 5. The second kappa shape index (κ2) is 13.0. The Hall–Kier alpha value is -3.63. The van der Waals surface area contributed by atoms with Crippen LogP contribution in [0, 0.1) is 5.41 Å². The average molecular weight is 614 g/mol. The minimum absolute atomic E-state index is 0.113. The number of anilines is 1. The van der Waals surface area contributed by atoms with Crippen LogP contribution in [0.15, 0.2) is 42.5 Å². The van der Waals surface area contributed by atoms with Crippen molar-refractivity contribution >= 4 is 11.6 Å². The molecule has 2 atom stereocenters. The predicted octanol–water partition coefficient (Wildman–Crippen LogP) is 5.18. The number of carbonyl (C=O) groups is 1. The van der Waals surface area contributed by atoms with Crippen molar-refractivity contribution in [2.45, 2.75) is 81.7 Å². The van der Waals surface area contributed by atoms with Crippen LogP contribution in [0.3, 0.4) is 0 Å². The summed E-state index contributed by atoms with van der Waals surface area (Å²) in [7, 11) is 1.65. The van der Waals surface area contributed by atoms with Gasteiger partial charge < -0.3 is 30.7 Å². The van der Waals surface area contributed by atoms with E-state index in [1.807, 2.05) is 42.5 Å². The van der Waals surface area contributed by atoms with E-state index in [-0.39, 0.29) is 17.4 Å². The molecule has 4 aliphatic rings. The van der Waals surface area contributed by atoms with Gasteiger partial charge in [0, 0.05) is 35.7 Å². The molecule has 45 heavy (non-hydrogen) atoms. The first kappa shape index (κ1) is 30.0. The number of fused-ring (bicyclic) bond motifs is 1. The Morgan fingerprint density at radius 3 is 2.64 bits per heavy atom. The van der Waals surface area contributed by atoms with E-state index in [0.717, 1.165) is 79.8 Å². The number of ether oxygens (including phenoxy) is 2. The molecule has 4 heterocycles. The Labute approximate surface area is 265 Å². The maximum atomic E-state index is 13.6. The van der Waals surface area contributed by atoms with Gasteiger partial charge in [0.25, 0.3) is 5.91 Å². The molecule has 7 rings (SSSR count). The van der Waals surface area contributed by atoms with Crippen molar-refractivity contribution in [2.24, 2.45) is 5.41 Å². The molecule has 0 bridgehead atoms. The minimum Gasteiger partial charge on any atom is -0.497 e. The summed E-state index contributed by atoms with van der Waals surface area (Å²) >= 11 is 0. The first-order valence-corrected chi connectivity index (χ1v) is 16.9. The number of hydrogen-bond donors (Lipinski definition) is 5. The van der Waals surface area contributed by atoms with Crippen molar-refractivity contribution in [3.8, 4) is 11.5 Å². The number of hydrogen-bond acceptors (Lipinski definition) is 8. The SMILES string of the molecule is COc1ccc2c(c1)[C@H](NC(=O)c1cccc(NC3(c4n[nH]c(C5CCNCC56CCCCCC6)n4)CCNCC3)c1)CCO2. The standard InChI is InChI=1S/C35H47N7O3/c1-44-26-9-10-30-27(22-26)29(12-20-45-30)38-32(43)24-7-6-8-25(21-24)40-35(15-18-36-19-16-35)33-39-31(41-42-33)28-11-17-37-23-34(28)13-4-2-3-5-14-34/h6-10,21-22,28-29,36-37,40H,2-5,11-20,23H2,1H3,(H,38,43)(H,39,41,42)/t28?,29-/m1/s1. The Morgan fingerprint density at radius 1 is 0.978 bits per heavy atom. The molecular formula is C35H47N7O3. The van der Waals surface area contributed by atoms with Crippen molar-refractivity contribution in [1.82, 2.24) is 31.1 Å². The van der Waals surface area contributed by atoms with E-state index in [9.17, 15) is 4.79 Å².